The van der Waals surface area contributed by atoms with Crippen LogP contribution in [0.5, 0.6) is 5.75 Å². The molecule has 0 bridgehead atoms. The highest BCUT2D eigenvalue weighted by atomic mass is 16.7. The van der Waals surface area contributed by atoms with E-state index in [0.29, 0.717) is 6.54 Å². The number of nitrogens with two attached hydrogens (primary N) is 1. The summed E-state index contributed by atoms with van der Waals surface area (Å²) in [7, 11) is 1.61. The van der Waals surface area contributed by atoms with Gasteiger partial charge in [0, 0.05) is 25.1 Å². The fraction of sp³-hybridized carbons (Fsp3) is 0.250. The molecule has 100 valence electrons. The van der Waals surface area contributed by atoms with Gasteiger partial charge in [0.05, 0.1) is 0 Å². The summed E-state index contributed by atoms with van der Waals surface area (Å²) in [6.07, 6.45) is 0. The number of para-hydroxylation sites is 1. The van der Waals surface area contributed by atoms with Gasteiger partial charge in [0.2, 0.25) is 0 Å². The molecule has 2 N–H and O–H groups in total. The summed E-state index contributed by atoms with van der Waals surface area (Å²) in [6, 6.07) is 18.2. The Hall–Kier alpha value is -1.84. The predicted octanol–water partition coefficient (Wildman–Crippen LogP) is 2.76. The molecule has 19 heavy (non-hydrogen) atoms. The highest BCUT2D eigenvalue weighted by molar-refractivity contribution is 5.42. The molecule has 0 radical (unpaired) electrons. The van der Waals surface area contributed by atoms with Crippen molar-refractivity contribution in [3.63, 3.8) is 0 Å². The van der Waals surface area contributed by atoms with Crippen LogP contribution in [0.2, 0.25) is 0 Å². The molecule has 0 aromatic heterocycles. The fourth-order valence-electron chi connectivity index (χ4n) is 2.15. The molecule has 0 heterocycles. The van der Waals surface area contributed by atoms with E-state index in [1.54, 1.807) is 7.11 Å². The number of hydrogen-bond acceptors (Lipinski definition) is 3. The Bertz CT molecular complexity index is 499. The van der Waals surface area contributed by atoms with Crippen molar-refractivity contribution in [2.45, 2.75) is 5.92 Å². The van der Waals surface area contributed by atoms with Crippen LogP contribution in [0.25, 0.3) is 0 Å². The van der Waals surface area contributed by atoms with Crippen molar-refractivity contribution in [1.82, 2.24) is 0 Å². The first-order valence-corrected chi connectivity index (χ1v) is 6.32. The van der Waals surface area contributed by atoms with Crippen molar-refractivity contribution in [3.05, 3.63) is 65.7 Å². The van der Waals surface area contributed by atoms with Gasteiger partial charge in [0.25, 0.3) is 0 Å². The van der Waals surface area contributed by atoms with E-state index in [9.17, 15) is 0 Å². The van der Waals surface area contributed by atoms with Crippen molar-refractivity contribution in [3.8, 4) is 5.75 Å². The Kier molecular flexibility index (Phi) is 4.95. The van der Waals surface area contributed by atoms with Gasteiger partial charge >= 0.3 is 0 Å². The molecule has 3 nitrogen and oxygen atoms in total. The maximum atomic E-state index is 5.95. The summed E-state index contributed by atoms with van der Waals surface area (Å²) in [5, 5.41) is 0. The molecule has 1 unspecified atom stereocenters. The van der Waals surface area contributed by atoms with Gasteiger partial charge in [-0.3, -0.25) is 0 Å². The van der Waals surface area contributed by atoms with E-state index in [1.165, 1.54) is 5.56 Å². The lowest BCUT2D eigenvalue weighted by Gasteiger charge is -2.19. The van der Waals surface area contributed by atoms with Gasteiger partial charge in [-0.2, -0.15) is 0 Å². The smallest absolute Gasteiger partial charge is 0.188 e. The van der Waals surface area contributed by atoms with Gasteiger partial charge in [-0.1, -0.05) is 48.5 Å². The van der Waals surface area contributed by atoms with E-state index in [2.05, 4.69) is 18.2 Å². The van der Waals surface area contributed by atoms with Crippen molar-refractivity contribution < 1.29 is 9.47 Å². The molecule has 2 aromatic carbocycles. The summed E-state index contributed by atoms with van der Waals surface area (Å²) >= 11 is 0. The molecule has 3 heteroatoms. The van der Waals surface area contributed by atoms with Gasteiger partial charge in [-0.15, -0.1) is 0 Å². The van der Waals surface area contributed by atoms with Crippen LogP contribution in [-0.2, 0) is 4.74 Å². The third kappa shape index (κ3) is 3.34. The lowest BCUT2D eigenvalue weighted by molar-refractivity contribution is 0.0503. The van der Waals surface area contributed by atoms with Crippen LogP contribution >= 0.6 is 0 Å². The summed E-state index contributed by atoms with van der Waals surface area (Å²) in [4.78, 5) is 0. The maximum Gasteiger partial charge on any atom is 0.188 e. The van der Waals surface area contributed by atoms with E-state index in [0.717, 1.165) is 11.3 Å². The Morgan fingerprint density at radius 1 is 1.00 bits per heavy atom. The first kappa shape index (κ1) is 13.6. The van der Waals surface area contributed by atoms with Gasteiger partial charge in [0.1, 0.15) is 5.75 Å². The van der Waals surface area contributed by atoms with E-state index >= 15 is 0 Å². The molecule has 2 aromatic rings. The normalized spacial score (nSPS) is 12.1. The molecule has 0 spiro atoms. The Morgan fingerprint density at radius 3 is 2.37 bits per heavy atom. The molecule has 0 aliphatic carbocycles. The quantitative estimate of drug-likeness (QED) is 0.809. The highest BCUT2D eigenvalue weighted by Gasteiger charge is 2.16. The lowest BCUT2D eigenvalue weighted by Crippen LogP contribution is -2.15. The first-order valence-electron chi connectivity index (χ1n) is 6.32. The second-order valence-corrected chi connectivity index (χ2v) is 4.29. The SMILES string of the molecule is COCOc1ccccc1C(CN)c1ccccc1. The van der Waals surface area contributed by atoms with Crippen LogP contribution in [0.1, 0.15) is 17.0 Å². The maximum absolute atomic E-state index is 5.95. The molecule has 1 atom stereocenters. The van der Waals surface area contributed by atoms with Gasteiger partial charge in [0.15, 0.2) is 6.79 Å². The van der Waals surface area contributed by atoms with E-state index in [4.69, 9.17) is 15.2 Å². The first-order chi connectivity index (χ1) is 9.36. The summed E-state index contributed by atoms with van der Waals surface area (Å²) in [5.74, 6) is 0.956. The summed E-state index contributed by atoms with van der Waals surface area (Å²) in [6.45, 7) is 0.778. The minimum Gasteiger partial charge on any atom is -0.467 e. The van der Waals surface area contributed by atoms with Crippen LogP contribution < -0.4 is 10.5 Å². The molecule has 0 aliphatic heterocycles. The monoisotopic (exact) mass is 257 g/mol. The zero-order valence-corrected chi connectivity index (χ0v) is 11.1. The number of methoxy groups -OCH3 is 1. The van der Waals surface area contributed by atoms with Gasteiger partial charge in [-0.25, -0.2) is 0 Å². The fourth-order valence-corrected chi connectivity index (χ4v) is 2.15. The second kappa shape index (κ2) is 6.92. The standard InChI is InChI=1S/C16H19NO2/c1-18-12-19-16-10-6-5-9-14(16)15(11-17)13-7-3-2-4-8-13/h2-10,15H,11-12,17H2,1H3. The predicted molar refractivity (Wildman–Crippen MR) is 76.3 cm³/mol. The average Bonchev–Trinajstić information content (AvgIpc) is 2.48. The lowest BCUT2D eigenvalue weighted by atomic mass is 9.91. The minimum absolute atomic E-state index is 0.134. The molecule has 0 saturated heterocycles. The van der Waals surface area contributed by atoms with E-state index in [-0.39, 0.29) is 12.7 Å². The Labute approximate surface area is 114 Å². The number of rotatable bonds is 6. The van der Waals surface area contributed by atoms with Crippen LogP contribution in [0.4, 0.5) is 0 Å². The van der Waals surface area contributed by atoms with Crippen LogP contribution in [-0.4, -0.2) is 20.4 Å². The number of hydrogen-bond donors (Lipinski definition) is 1. The molecule has 0 saturated carbocycles. The summed E-state index contributed by atoms with van der Waals surface area (Å²) < 4.78 is 10.6. The van der Waals surface area contributed by atoms with Crippen molar-refractivity contribution >= 4 is 0 Å². The summed E-state index contributed by atoms with van der Waals surface area (Å²) in [5.41, 5.74) is 8.23. The van der Waals surface area contributed by atoms with E-state index in [1.807, 2.05) is 36.4 Å². The van der Waals surface area contributed by atoms with Gasteiger partial charge < -0.3 is 15.2 Å². The average molecular weight is 257 g/mol. The Balaban J connectivity index is 2.33. The molecule has 2 rings (SSSR count). The number of benzene rings is 2. The Morgan fingerprint density at radius 2 is 1.68 bits per heavy atom. The molecular weight excluding hydrogens is 238 g/mol. The topological polar surface area (TPSA) is 44.5 Å². The van der Waals surface area contributed by atoms with Crippen LogP contribution in [0.3, 0.4) is 0 Å². The molecular formula is C16H19NO2. The third-order valence-corrected chi connectivity index (χ3v) is 3.06. The highest BCUT2D eigenvalue weighted by Crippen LogP contribution is 2.31. The second-order valence-electron chi connectivity index (χ2n) is 4.29. The molecule has 0 fully saturated rings. The van der Waals surface area contributed by atoms with Gasteiger partial charge in [-0.05, 0) is 11.6 Å². The van der Waals surface area contributed by atoms with Crippen molar-refractivity contribution in [2.75, 3.05) is 20.4 Å². The van der Waals surface area contributed by atoms with Crippen molar-refractivity contribution in [2.24, 2.45) is 5.73 Å². The minimum atomic E-state index is 0.134. The molecule has 0 amide bonds. The molecule has 0 aliphatic rings. The zero-order chi connectivity index (χ0) is 13.5. The van der Waals surface area contributed by atoms with Crippen molar-refractivity contribution in [1.29, 1.82) is 0 Å². The zero-order valence-electron chi connectivity index (χ0n) is 11.1. The van der Waals surface area contributed by atoms with Crippen LogP contribution in [0, 0.1) is 0 Å². The number of ether oxygens (including phenoxy) is 2. The largest absolute Gasteiger partial charge is 0.467 e. The van der Waals surface area contributed by atoms with E-state index < -0.39 is 0 Å². The third-order valence-electron chi connectivity index (χ3n) is 3.06. The van der Waals surface area contributed by atoms with Crippen LogP contribution in [0.15, 0.2) is 54.6 Å².